The maximum Gasteiger partial charge on any atom is 0.417 e. The summed E-state index contributed by atoms with van der Waals surface area (Å²) in [6.45, 7) is 0. The van der Waals surface area contributed by atoms with Crippen LogP contribution in [0.4, 0.5) is 13.2 Å². The zero-order valence-corrected chi connectivity index (χ0v) is 7.19. The van der Waals surface area contributed by atoms with E-state index in [-0.39, 0.29) is 11.6 Å². The zero-order chi connectivity index (χ0) is 10.9. The van der Waals surface area contributed by atoms with Crippen molar-refractivity contribution in [2.24, 2.45) is 0 Å². The van der Waals surface area contributed by atoms with Gasteiger partial charge in [0.15, 0.2) is 0 Å². The molecule has 0 atom stereocenters. The third-order valence-corrected chi connectivity index (χ3v) is 1.67. The Morgan fingerprint density at radius 3 is 2.47 bits per heavy atom. The van der Waals surface area contributed by atoms with Gasteiger partial charge in [0.2, 0.25) is 6.39 Å². The lowest BCUT2D eigenvalue weighted by Crippen LogP contribution is -2.05. The van der Waals surface area contributed by atoms with E-state index in [0.717, 1.165) is 18.7 Å². The van der Waals surface area contributed by atoms with Gasteiger partial charge in [-0.15, -0.1) is 10.2 Å². The third kappa shape index (κ3) is 1.95. The van der Waals surface area contributed by atoms with Gasteiger partial charge in [0.25, 0.3) is 5.89 Å². The Bertz CT molecular complexity index is 435. The normalized spacial score (nSPS) is 11.7. The van der Waals surface area contributed by atoms with E-state index in [1.54, 1.807) is 0 Å². The number of alkyl halides is 3. The van der Waals surface area contributed by atoms with E-state index in [2.05, 4.69) is 15.2 Å². The van der Waals surface area contributed by atoms with Gasteiger partial charge in [-0.25, -0.2) is 0 Å². The van der Waals surface area contributed by atoms with E-state index < -0.39 is 11.7 Å². The van der Waals surface area contributed by atoms with Crippen molar-refractivity contribution in [2.45, 2.75) is 6.18 Å². The molecule has 0 saturated heterocycles. The predicted octanol–water partition coefficient (Wildman–Crippen LogP) is 2.15. The topological polar surface area (TPSA) is 51.8 Å². The highest BCUT2D eigenvalue weighted by molar-refractivity contribution is 5.45. The number of halogens is 3. The lowest BCUT2D eigenvalue weighted by molar-refractivity contribution is -0.137. The van der Waals surface area contributed by atoms with Crippen LogP contribution in [-0.2, 0) is 6.18 Å². The van der Waals surface area contributed by atoms with Crippen molar-refractivity contribution in [3.8, 4) is 11.6 Å². The number of aromatic nitrogens is 3. The van der Waals surface area contributed by atoms with E-state index in [1.807, 2.05) is 0 Å². The number of hydrogen-bond acceptors (Lipinski definition) is 4. The third-order valence-electron chi connectivity index (χ3n) is 1.67. The van der Waals surface area contributed by atoms with Crippen LogP contribution in [0.5, 0.6) is 0 Å². The highest BCUT2D eigenvalue weighted by atomic mass is 19.4. The van der Waals surface area contributed by atoms with Gasteiger partial charge < -0.3 is 4.42 Å². The van der Waals surface area contributed by atoms with Crippen molar-refractivity contribution < 1.29 is 17.6 Å². The molecule has 0 amide bonds. The Balaban J connectivity index is 2.33. The summed E-state index contributed by atoms with van der Waals surface area (Å²) in [5.74, 6) is 0.0868. The Kier molecular flexibility index (Phi) is 2.14. The van der Waals surface area contributed by atoms with Gasteiger partial charge in [-0.3, -0.25) is 4.98 Å². The number of rotatable bonds is 1. The fourth-order valence-electron chi connectivity index (χ4n) is 0.973. The summed E-state index contributed by atoms with van der Waals surface area (Å²) in [5.41, 5.74) is -0.605. The minimum Gasteiger partial charge on any atom is -0.422 e. The first-order valence-corrected chi connectivity index (χ1v) is 3.87. The second kappa shape index (κ2) is 3.34. The van der Waals surface area contributed by atoms with Gasteiger partial charge in [0.05, 0.1) is 5.56 Å². The fraction of sp³-hybridized carbons (Fsp3) is 0.125. The van der Waals surface area contributed by atoms with E-state index in [9.17, 15) is 13.2 Å². The molecule has 2 aromatic rings. The Hall–Kier alpha value is -1.92. The summed E-state index contributed by atoms with van der Waals surface area (Å²) in [6, 6.07) is 2.09. The van der Waals surface area contributed by atoms with Crippen LogP contribution < -0.4 is 0 Å². The number of nitrogens with zero attached hydrogens (tertiary/aromatic N) is 3. The highest BCUT2D eigenvalue weighted by Crippen LogP contribution is 2.29. The average Bonchev–Trinajstić information content (AvgIpc) is 2.69. The van der Waals surface area contributed by atoms with Crippen molar-refractivity contribution in [3.05, 3.63) is 30.3 Å². The van der Waals surface area contributed by atoms with Crippen LogP contribution in [0.15, 0.2) is 29.1 Å². The SMILES string of the molecule is FC(F)(F)c1ccc(-c2nnco2)nc1. The lowest BCUT2D eigenvalue weighted by atomic mass is 10.2. The monoisotopic (exact) mass is 215 g/mol. The summed E-state index contributed by atoms with van der Waals surface area (Å²) in [5, 5.41) is 6.91. The molecule has 0 aliphatic carbocycles. The lowest BCUT2D eigenvalue weighted by Gasteiger charge is -2.04. The average molecular weight is 215 g/mol. The molecule has 15 heavy (non-hydrogen) atoms. The zero-order valence-electron chi connectivity index (χ0n) is 7.19. The van der Waals surface area contributed by atoms with Crippen LogP contribution >= 0.6 is 0 Å². The standard InChI is InChI=1S/C8H4F3N3O/c9-8(10,11)5-1-2-6(12-3-5)7-14-13-4-15-7/h1-4H. The minimum absolute atomic E-state index is 0.0868. The molecule has 0 aliphatic heterocycles. The van der Waals surface area contributed by atoms with E-state index in [0.29, 0.717) is 0 Å². The smallest absolute Gasteiger partial charge is 0.417 e. The molecule has 0 spiro atoms. The van der Waals surface area contributed by atoms with Crippen LogP contribution in [-0.4, -0.2) is 15.2 Å². The van der Waals surface area contributed by atoms with Gasteiger partial charge in [-0.1, -0.05) is 0 Å². The first-order chi connectivity index (χ1) is 7.07. The molecule has 0 saturated carbocycles. The quantitative estimate of drug-likeness (QED) is 0.731. The number of pyridine rings is 1. The fourth-order valence-corrected chi connectivity index (χ4v) is 0.973. The van der Waals surface area contributed by atoms with Crippen molar-refractivity contribution in [1.82, 2.24) is 15.2 Å². The minimum atomic E-state index is -4.39. The summed E-state index contributed by atoms with van der Waals surface area (Å²) in [4.78, 5) is 3.57. The highest BCUT2D eigenvalue weighted by Gasteiger charge is 2.30. The molecule has 0 bridgehead atoms. The summed E-state index contributed by atoms with van der Waals surface area (Å²) in [6.07, 6.45) is -2.59. The van der Waals surface area contributed by atoms with Crippen molar-refractivity contribution in [2.75, 3.05) is 0 Å². The first-order valence-electron chi connectivity index (χ1n) is 3.87. The van der Waals surface area contributed by atoms with E-state index in [4.69, 9.17) is 4.42 Å². The van der Waals surface area contributed by atoms with E-state index in [1.165, 1.54) is 6.07 Å². The van der Waals surface area contributed by atoms with Crippen LogP contribution in [0.2, 0.25) is 0 Å². The maximum absolute atomic E-state index is 12.2. The Morgan fingerprint density at radius 2 is 2.00 bits per heavy atom. The molecule has 0 aliphatic rings. The molecule has 0 radical (unpaired) electrons. The molecule has 2 rings (SSSR count). The van der Waals surface area contributed by atoms with Gasteiger partial charge in [-0.05, 0) is 12.1 Å². The molecule has 0 unspecified atom stereocenters. The van der Waals surface area contributed by atoms with Gasteiger partial charge in [0.1, 0.15) is 5.69 Å². The van der Waals surface area contributed by atoms with Crippen LogP contribution in [0.3, 0.4) is 0 Å². The summed E-state index contributed by atoms with van der Waals surface area (Å²) in [7, 11) is 0. The van der Waals surface area contributed by atoms with Crippen molar-refractivity contribution >= 4 is 0 Å². The Morgan fingerprint density at radius 1 is 1.20 bits per heavy atom. The van der Waals surface area contributed by atoms with Crippen LogP contribution in [0, 0.1) is 0 Å². The second-order valence-electron chi connectivity index (χ2n) is 2.67. The van der Waals surface area contributed by atoms with Crippen LogP contribution in [0.1, 0.15) is 5.56 Å². The maximum atomic E-state index is 12.2. The van der Waals surface area contributed by atoms with E-state index >= 15 is 0 Å². The molecule has 7 heteroatoms. The van der Waals surface area contributed by atoms with Crippen LogP contribution in [0.25, 0.3) is 11.6 Å². The molecule has 0 fully saturated rings. The number of hydrogen-bond donors (Lipinski definition) is 0. The molecule has 4 nitrogen and oxygen atoms in total. The first kappa shape index (κ1) is 9.63. The molecular formula is C8H4F3N3O. The predicted molar refractivity (Wildman–Crippen MR) is 42.5 cm³/mol. The van der Waals surface area contributed by atoms with Gasteiger partial charge in [-0.2, -0.15) is 13.2 Å². The Labute approximate surface area is 81.8 Å². The summed E-state index contributed by atoms with van der Waals surface area (Å²) < 4.78 is 41.3. The van der Waals surface area contributed by atoms with Crippen molar-refractivity contribution in [1.29, 1.82) is 0 Å². The summed E-state index contributed by atoms with van der Waals surface area (Å²) >= 11 is 0. The molecule has 2 heterocycles. The molecule has 0 N–H and O–H groups in total. The molecule has 2 aromatic heterocycles. The molecular weight excluding hydrogens is 211 g/mol. The van der Waals surface area contributed by atoms with Gasteiger partial charge in [0, 0.05) is 6.20 Å². The van der Waals surface area contributed by atoms with Gasteiger partial charge >= 0.3 is 6.18 Å². The second-order valence-corrected chi connectivity index (χ2v) is 2.67. The largest absolute Gasteiger partial charge is 0.422 e. The molecule has 78 valence electrons. The van der Waals surface area contributed by atoms with Crippen molar-refractivity contribution in [3.63, 3.8) is 0 Å². The molecule has 0 aromatic carbocycles.